The Morgan fingerprint density at radius 3 is 1.84 bits per heavy atom. The number of rotatable bonds is 2. The molecule has 0 spiro atoms. The van der Waals surface area contributed by atoms with Gasteiger partial charge in [0.1, 0.15) is 0 Å². The fourth-order valence-electron chi connectivity index (χ4n) is 1.15. The summed E-state index contributed by atoms with van der Waals surface area (Å²) in [6.45, 7) is 3.57. The van der Waals surface area contributed by atoms with Crippen molar-refractivity contribution in [3.8, 4) is 0 Å². The molecule has 0 aliphatic rings. The van der Waals surface area contributed by atoms with E-state index in [-0.39, 0.29) is 5.69 Å². The van der Waals surface area contributed by atoms with Gasteiger partial charge < -0.3 is 9.84 Å². The lowest BCUT2D eigenvalue weighted by Crippen LogP contribution is -2.00. The largest absolute Gasteiger partial charge is 0.476 e. The van der Waals surface area contributed by atoms with Crippen LogP contribution in [-0.2, 0) is 4.74 Å². The van der Waals surface area contributed by atoms with E-state index >= 15 is 0 Å². The zero-order chi connectivity index (χ0) is 14.4. The third-order valence-electron chi connectivity index (χ3n) is 2.03. The number of nitrogens with zero attached hydrogens (tertiary/aromatic N) is 2. The maximum Gasteiger partial charge on any atom is 0.358 e. The molecular weight excluding hydrogens is 252 g/mol. The van der Waals surface area contributed by atoms with Gasteiger partial charge >= 0.3 is 11.9 Å². The van der Waals surface area contributed by atoms with Crippen molar-refractivity contribution in [2.75, 3.05) is 7.11 Å². The Balaban J connectivity index is 0.000000191. The van der Waals surface area contributed by atoms with E-state index in [9.17, 15) is 9.59 Å². The number of nitrogens with one attached hydrogen (secondary N) is 2. The van der Waals surface area contributed by atoms with Crippen molar-refractivity contribution < 1.29 is 19.4 Å². The third-order valence-corrected chi connectivity index (χ3v) is 2.03. The van der Waals surface area contributed by atoms with Crippen LogP contribution < -0.4 is 0 Å². The molecule has 2 rings (SSSR count). The van der Waals surface area contributed by atoms with Gasteiger partial charge in [-0.1, -0.05) is 0 Å². The number of carboxylic acids is 1. The number of aromatic nitrogens is 4. The molecule has 0 amide bonds. The van der Waals surface area contributed by atoms with Crippen LogP contribution in [-0.4, -0.2) is 44.5 Å². The van der Waals surface area contributed by atoms with E-state index in [1.165, 1.54) is 13.2 Å². The summed E-state index contributed by atoms with van der Waals surface area (Å²) in [5.74, 6) is -1.41. The topological polar surface area (TPSA) is 121 Å². The first-order chi connectivity index (χ1) is 8.93. The SMILES string of the molecule is COC(=O)c1cc(C)[nH]n1.Cc1cc(C(=O)O)n[nH]1. The number of aryl methyl sites for hydroxylation is 2. The highest BCUT2D eigenvalue weighted by atomic mass is 16.5. The Kier molecular flexibility index (Phi) is 4.81. The molecule has 0 atom stereocenters. The highest BCUT2D eigenvalue weighted by Crippen LogP contribution is 1.98. The minimum Gasteiger partial charge on any atom is -0.476 e. The quantitative estimate of drug-likeness (QED) is 0.695. The van der Waals surface area contributed by atoms with Gasteiger partial charge in [0.25, 0.3) is 0 Å². The van der Waals surface area contributed by atoms with Gasteiger partial charge in [-0.15, -0.1) is 0 Å². The minimum atomic E-state index is -1.00. The Bertz CT molecular complexity index is 573. The number of aromatic amines is 2. The molecule has 0 saturated carbocycles. The van der Waals surface area contributed by atoms with Gasteiger partial charge in [-0.25, -0.2) is 9.59 Å². The van der Waals surface area contributed by atoms with Crippen molar-refractivity contribution in [3.05, 3.63) is 34.9 Å². The van der Waals surface area contributed by atoms with Gasteiger partial charge in [0.2, 0.25) is 0 Å². The van der Waals surface area contributed by atoms with Gasteiger partial charge in [-0.05, 0) is 26.0 Å². The molecule has 0 fully saturated rings. The van der Waals surface area contributed by atoms with Gasteiger partial charge in [0.05, 0.1) is 7.11 Å². The first-order valence-corrected chi connectivity index (χ1v) is 5.29. The summed E-state index contributed by atoms with van der Waals surface area (Å²) in [6.07, 6.45) is 0. The Hall–Kier alpha value is -2.64. The summed E-state index contributed by atoms with van der Waals surface area (Å²) < 4.78 is 4.43. The molecule has 0 bridgehead atoms. The molecule has 0 saturated heterocycles. The number of H-pyrrole nitrogens is 2. The normalized spacial score (nSPS) is 9.42. The predicted molar refractivity (Wildman–Crippen MR) is 64.9 cm³/mol. The Morgan fingerprint density at radius 1 is 1.11 bits per heavy atom. The summed E-state index contributed by atoms with van der Waals surface area (Å²) >= 11 is 0. The van der Waals surface area contributed by atoms with Gasteiger partial charge in [-0.3, -0.25) is 10.2 Å². The molecule has 0 radical (unpaired) electrons. The van der Waals surface area contributed by atoms with Crippen LogP contribution in [0.25, 0.3) is 0 Å². The minimum absolute atomic E-state index is 0.0625. The fraction of sp³-hybridized carbons (Fsp3) is 0.273. The lowest BCUT2D eigenvalue weighted by atomic mass is 10.4. The summed E-state index contributed by atoms with van der Waals surface area (Å²) in [5.41, 5.74) is 1.99. The molecule has 0 aliphatic carbocycles. The lowest BCUT2D eigenvalue weighted by Gasteiger charge is -1.89. The van der Waals surface area contributed by atoms with Crippen molar-refractivity contribution in [3.63, 3.8) is 0 Å². The first-order valence-electron chi connectivity index (χ1n) is 5.29. The summed E-state index contributed by atoms with van der Waals surface area (Å²) in [7, 11) is 1.33. The zero-order valence-electron chi connectivity index (χ0n) is 10.7. The molecule has 0 unspecified atom stereocenters. The fourth-order valence-corrected chi connectivity index (χ4v) is 1.15. The van der Waals surface area contributed by atoms with Crippen molar-refractivity contribution in [1.82, 2.24) is 20.4 Å². The maximum absolute atomic E-state index is 10.7. The zero-order valence-corrected chi connectivity index (χ0v) is 10.7. The second kappa shape index (κ2) is 6.34. The molecule has 3 N–H and O–H groups in total. The van der Waals surface area contributed by atoms with Crippen LogP contribution in [0.1, 0.15) is 32.4 Å². The van der Waals surface area contributed by atoms with Crippen LogP contribution in [0.3, 0.4) is 0 Å². The number of carboxylic acid groups (broad SMARTS) is 1. The van der Waals surface area contributed by atoms with Crippen LogP contribution in [0.4, 0.5) is 0 Å². The standard InChI is InChI=1S/C6H8N2O2.C5H6N2O2/c1-4-3-5(8-7-4)6(9)10-2;1-3-2-4(5(8)9)7-6-3/h3H,1-2H3,(H,7,8);2H,1H3,(H,6,7)(H,8,9). The summed E-state index contributed by atoms with van der Waals surface area (Å²) in [5, 5.41) is 20.6. The lowest BCUT2D eigenvalue weighted by molar-refractivity contribution is 0.0593. The number of carbonyl (C=O) groups excluding carboxylic acids is 1. The highest BCUT2D eigenvalue weighted by Gasteiger charge is 2.07. The molecule has 2 heterocycles. The number of carbonyl (C=O) groups is 2. The van der Waals surface area contributed by atoms with Gasteiger partial charge in [0, 0.05) is 11.4 Å². The van der Waals surface area contributed by atoms with Crippen LogP contribution in [0.5, 0.6) is 0 Å². The average Bonchev–Trinajstić information content (AvgIpc) is 2.98. The molecule has 0 aliphatic heterocycles. The van der Waals surface area contributed by atoms with E-state index in [4.69, 9.17) is 5.11 Å². The van der Waals surface area contributed by atoms with E-state index in [1.807, 2.05) is 6.92 Å². The van der Waals surface area contributed by atoms with Crippen molar-refractivity contribution in [2.45, 2.75) is 13.8 Å². The number of ether oxygens (including phenoxy) is 1. The molecule has 19 heavy (non-hydrogen) atoms. The van der Waals surface area contributed by atoms with Gasteiger partial charge in [0.15, 0.2) is 11.4 Å². The predicted octanol–water partition coefficient (Wildman–Crippen LogP) is 0.921. The summed E-state index contributed by atoms with van der Waals surface area (Å²) in [4.78, 5) is 20.9. The molecular formula is C11H14N4O4. The van der Waals surface area contributed by atoms with Crippen LogP contribution in [0.2, 0.25) is 0 Å². The van der Waals surface area contributed by atoms with E-state index in [1.54, 1.807) is 13.0 Å². The summed E-state index contributed by atoms with van der Waals surface area (Å²) in [6, 6.07) is 3.11. The smallest absolute Gasteiger partial charge is 0.358 e. The van der Waals surface area contributed by atoms with Crippen LogP contribution in [0.15, 0.2) is 12.1 Å². The number of methoxy groups -OCH3 is 1. The van der Waals surface area contributed by atoms with E-state index in [2.05, 4.69) is 25.1 Å². The van der Waals surface area contributed by atoms with Crippen molar-refractivity contribution in [1.29, 1.82) is 0 Å². The monoisotopic (exact) mass is 266 g/mol. The molecule has 0 aromatic carbocycles. The number of aromatic carboxylic acids is 1. The van der Waals surface area contributed by atoms with E-state index in [0.717, 1.165) is 11.4 Å². The Labute approximate surface area is 108 Å². The number of hydrogen-bond acceptors (Lipinski definition) is 5. The molecule has 102 valence electrons. The van der Waals surface area contributed by atoms with Crippen molar-refractivity contribution >= 4 is 11.9 Å². The van der Waals surface area contributed by atoms with Gasteiger partial charge in [-0.2, -0.15) is 10.2 Å². The van der Waals surface area contributed by atoms with Crippen LogP contribution in [0, 0.1) is 13.8 Å². The second-order valence-corrected chi connectivity index (χ2v) is 3.67. The third kappa shape index (κ3) is 4.26. The Morgan fingerprint density at radius 2 is 1.58 bits per heavy atom. The molecule has 8 nitrogen and oxygen atoms in total. The number of hydrogen-bond donors (Lipinski definition) is 3. The average molecular weight is 266 g/mol. The van der Waals surface area contributed by atoms with Crippen LogP contribution >= 0.6 is 0 Å². The molecule has 8 heteroatoms. The van der Waals surface area contributed by atoms with Crippen molar-refractivity contribution in [2.24, 2.45) is 0 Å². The maximum atomic E-state index is 10.7. The highest BCUT2D eigenvalue weighted by molar-refractivity contribution is 5.87. The molecule has 2 aromatic heterocycles. The van der Waals surface area contributed by atoms with E-state index < -0.39 is 11.9 Å². The first kappa shape index (κ1) is 14.4. The molecule has 2 aromatic rings. The number of esters is 1. The second-order valence-electron chi connectivity index (χ2n) is 3.67. The van der Waals surface area contributed by atoms with E-state index in [0.29, 0.717) is 5.69 Å².